The molecular weight excluding hydrogens is 387 g/mol. The molecule has 1 aliphatic rings. The Hall–Kier alpha value is -2.27. The van der Waals surface area contributed by atoms with Crippen molar-refractivity contribution in [1.29, 1.82) is 0 Å². The number of nitrogens with zero attached hydrogens (tertiary/aromatic N) is 5. The largest absolute Gasteiger partial charge is 0.445 e. The first kappa shape index (κ1) is 17.2. The molecule has 3 heterocycles. The summed E-state index contributed by atoms with van der Waals surface area (Å²) >= 11 is 1.94. The number of carbonyl (C=O) groups excluding carboxylic acids is 1. The zero-order chi connectivity index (χ0) is 18.3. The molecule has 0 spiro atoms. The van der Waals surface area contributed by atoms with Crippen LogP contribution in [0.15, 0.2) is 23.7 Å². The minimum Gasteiger partial charge on any atom is -0.343 e. The first-order chi connectivity index (χ1) is 12.4. The number of alkyl halides is 3. The van der Waals surface area contributed by atoms with Gasteiger partial charge < -0.3 is 9.80 Å². The number of hydrogen-bond acceptors (Lipinski definition) is 7. The third kappa shape index (κ3) is 3.12. The van der Waals surface area contributed by atoms with Crippen LogP contribution in [0.25, 0.3) is 10.2 Å². The molecule has 0 unspecified atom stereocenters. The van der Waals surface area contributed by atoms with Crippen molar-refractivity contribution in [3.05, 3.63) is 34.3 Å². The van der Waals surface area contributed by atoms with Crippen LogP contribution >= 0.6 is 22.7 Å². The van der Waals surface area contributed by atoms with Crippen molar-refractivity contribution < 1.29 is 18.0 Å². The van der Waals surface area contributed by atoms with Crippen molar-refractivity contribution >= 4 is 43.9 Å². The normalized spacial score (nSPS) is 15.7. The van der Waals surface area contributed by atoms with E-state index >= 15 is 0 Å². The van der Waals surface area contributed by atoms with Crippen molar-refractivity contribution in [3.8, 4) is 0 Å². The summed E-state index contributed by atoms with van der Waals surface area (Å²) in [4.78, 5) is 20.4. The van der Waals surface area contributed by atoms with Gasteiger partial charge in [0, 0.05) is 26.2 Å². The SMILES string of the molecule is O=C(c1cccc2ncsc12)N1CCN(c2nnc(C(F)(F)F)s2)CC1. The molecule has 1 fully saturated rings. The van der Waals surface area contributed by atoms with Gasteiger partial charge in [-0.3, -0.25) is 4.79 Å². The number of hydrogen-bond donors (Lipinski definition) is 0. The van der Waals surface area contributed by atoms with Gasteiger partial charge in [0.15, 0.2) is 0 Å². The lowest BCUT2D eigenvalue weighted by Crippen LogP contribution is -2.48. The molecule has 0 N–H and O–H groups in total. The Morgan fingerprint density at radius 3 is 2.58 bits per heavy atom. The van der Waals surface area contributed by atoms with E-state index in [1.165, 1.54) is 11.3 Å². The fraction of sp³-hybridized carbons (Fsp3) is 0.333. The van der Waals surface area contributed by atoms with Crippen LogP contribution in [-0.4, -0.2) is 52.2 Å². The van der Waals surface area contributed by atoms with Crippen molar-refractivity contribution in [3.63, 3.8) is 0 Å². The number of aromatic nitrogens is 3. The quantitative estimate of drug-likeness (QED) is 0.663. The molecule has 0 saturated carbocycles. The third-order valence-corrected chi connectivity index (χ3v) is 5.99. The van der Waals surface area contributed by atoms with Crippen LogP contribution in [0.2, 0.25) is 0 Å². The molecule has 26 heavy (non-hydrogen) atoms. The highest BCUT2D eigenvalue weighted by molar-refractivity contribution is 7.17. The van der Waals surface area contributed by atoms with E-state index in [1.807, 2.05) is 6.07 Å². The van der Waals surface area contributed by atoms with Gasteiger partial charge in [0.2, 0.25) is 10.1 Å². The zero-order valence-corrected chi connectivity index (χ0v) is 14.9. The van der Waals surface area contributed by atoms with Crippen molar-refractivity contribution in [2.75, 3.05) is 31.1 Å². The third-order valence-electron chi connectivity index (χ3n) is 4.08. The molecule has 1 aromatic carbocycles. The van der Waals surface area contributed by atoms with Gasteiger partial charge in [-0.15, -0.1) is 21.5 Å². The van der Waals surface area contributed by atoms with E-state index in [0.29, 0.717) is 43.1 Å². The summed E-state index contributed by atoms with van der Waals surface area (Å²) < 4.78 is 38.8. The average Bonchev–Trinajstić information content (AvgIpc) is 3.30. The highest BCUT2D eigenvalue weighted by Gasteiger charge is 2.36. The first-order valence-corrected chi connectivity index (χ1v) is 9.40. The van der Waals surface area contributed by atoms with Gasteiger partial charge in [-0.2, -0.15) is 13.2 Å². The second kappa shape index (κ2) is 6.47. The second-order valence-corrected chi connectivity index (χ2v) is 7.48. The van der Waals surface area contributed by atoms with Crippen LogP contribution < -0.4 is 4.90 Å². The lowest BCUT2D eigenvalue weighted by atomic mass is 10.1. The lowest BCUT2D eigenvalue weighted by molar-refractivity contribution is -0.138. The topological polar surface area (TPSA) is 62.2 Å². The van der Waals surface area contributed by atoms with E-state index < -0.39 is 11.2 Å². The van der Waals surface area contributed by atoms with Gasteiger partial charge in [-0.05, 0) is 12.1 Å². The molecule has 1 amide bonds. The summed E-state index contributed by atoms with van der Waals surface area (Å²) in [5, 5.41) is 6.12. The molecule has 3 aromatic rings. The number of benzene rings is 1. The van der Waals surface area contributed by atoms with E-state index in [2.05, 4.69) is 15.2 Å². The number of fused-ring (bicyclic) bond motifs is 1. The Morgan fingerprint density at radius 1 is 1.12 bits per heavy atom. The maximum absolute atomic E-state index is 12.8. The summed E-state index contributed by atoms with van der Waals surface area (Å²) in [5.41, 5.74) is 3.09. The van der Waals surface area contributed by atoms with E-state index in [4.69, 9.17) is 0 Å². The Kier molecular flexibility index (Phi) is 4.27. The van der Waals surface area contributed by atoms with Crippen LogP contribution in [-0.2, 0) is 6.18 Å². The molecule has 11 heteroatoms. The second-order valence-electron chi connectivity index (χ2n) is 5.67. The smallest absolute Gasteiger partial charge is 0.343 e. The van der Waals surface area contributed by atoms with Gasteiger partial charge in [0.25, 0.3) is 5.91 Å². The number of carbonyl (C=O) groups is 1. The van der Waals surface area contributed by atoms with Gasteiger partial charge in [-0.25, -0.2) is 4.98 Å². The van der Waals surface area contributed by atoms with Crippen molar-refractivity contribution in [2.24, 2.45) is 0 Å². The number of anilines is 1. The highest BCUT2D eigenvalue weighted by Crippen LogP contribution is 2.34. The lowest BCUT2D eigenvalue weighted by Gasteiger charge is -2.34. The van der Waals surface area contributed by atoms with Gasteiger partial charge in [-0.1, -0.05) is 17.4 Å². The van der Waals surface area contributed by atoms with Crippen molar-refractivity contribution in [2.45, 2.75) is 6.18 Å². The van der Waals surface area contributed by atoms with E-state index in [1.54, 1.807) is 27.4 Å². The molecule has 0 radical (unpaired) electrons. The fourth-order valence-electron chi connectivity index (χ4n) is 2.78. The molecular formula is C15H12F3N5OS2. The van der Waals surface area contributed by atoms with Crippen LogP contribution in [0.1, 0.15) is 15.4 Å². The van der Waals surface area contributed by atoms with E-state index in [0.717, 1.165) is 10.2 Å². The van der Waals surface area contributed by atoms with Gasteiger partial charge >= 0.3 is 6.18 Å². The summed E-state index contributed by atoms with van der Waals surface area (Å²) in [6, 6.07) is 5.43. The summed E-state index contributed by atoms with van der Waals surface area (Å²) in [7, 11) is 0. The molecule has 4 rings (SSSR count). The van der Waals surface area contributed by atoms with Crippen LogP contribution in [0.5, 0.6) is 0 Å². The Labute approximate surface area is 153 Å². The Bertz CT molecular complexity index is 946. The molecule has 0 atom stereocenters. The van der Waals surface area contributed by atoms with Gasteiger partial charge in [0.1, 0.15) is 0 Å². The van der Waals surface area contributed by atoms with Crippen molar-refractivity contribution in [1.82, 2.24) is 20.1 Å². The van der Waals surface area contributed by atoms with E-state index in [9.17, 15) is 18.0 Å². The summed E-state index contributed by atoms with van der Waals surface area (Å²) in [5.74, 6) is -0.0901. The standard InChI is InChI=1S/C15H12F3N5OS2/c16-15(17,18)13-20-21-14(26-13)23-6-4-22(5-7-23)12(24)9-2-1-3-10-11(9)25-8-19-10/h1-3,8H,4-7H2. The molecule has 136 valence electrons. The number of halogens is 3. The summed E-state index contributed by atoms with van der Waals surface area (Å²) in [6.07, 6.45) is -4.48. The molecule has 0 aliphatic carbocycles. The Morgan fingerprint density at radius 2 is 1.88 bits per heavy atom. The average molecular weight is 399 g/mol. The summed E-state index contributed by atoms with van der Waals surface area (Å²) in [6.45, 7) is 1.65. The maximum atomic E-state index is 12.8. The van der Waals surface area contributed by atoms with Crippen LogP contribution in [0.4, 0.5) is 18.3 Å². The Balaban J connectivity index is 1.46. The number of piperazine rings is 1. The monoisotopic (exact) mass is 399 g/mol. The fourth-order valence-corrected chi connectivity index (χ4v) is 4.34. The minimum atomic E-state index is -4.48. The molecule has 6 nitrogen and oxygen atoms in total. The maximum Gasteiger partial charge on any atom is 0.445 e. The zero-order valence-electron chi connectivity index (χ0n) is 13.2. The first-order valence-electron chi connectivity index (χ1n) is 7.70. The highest BCUT2D eigenvalue weighted by atomic mass is 32.1. The number of amides is 1. The van der Waals surface area contributed by atoms with Crippen LogP contribution in [0, 0.1) is 0 Å². The molecule has 1 aliphatic heterocycles. The number of thiazole rings is 1. The molecule has 1 saturated heterocycles. The number of rotatable bonds is 2. The predicted octanol–water partition coefficient (Wildman–Crippen LogP) is 3.13. The van der Waals surface area contributed by atoms with Gasteiger partial charge in [0.05, 0.1) is 21.3 Å². The van der Waals surface area contributed by atoms with E-state index in [-0.39, 0.29) is 11.0 Å². The predicted molar refractivity (Wildman–Crippen MR) is 92.6 cm³/mol. The van der Waals surface area contributed by atoms with Crippen LogP contribution in [0.3, 0.4) is 0 Å². The molecule has 2 aromatic heterocycles. The minimum absolute atomic E-state index is 0.0901. The molecule has 0 bridgehead atoms.